The van der Waals surface area contributed by atoms with E-state index in [0.717, 1.165) is 11.1 Å². The van der Waals surface area contributed by atoms with Gasteiger partial charge in [0.2, 0.25) is 5.91 Å². The van der Waals surface area contributed by atoms with Crippen LogP contribution in [0.3, 0.4) is 0 Å². The van der Waals surface area contributed by atoms with Gasteiger partial charge in [-0.3, -0.25) is 9.59 Å². The number of hydrogen-bond acceptors (Lipinski definition) is 5. The number of hydrogen-bond donors (Lipinski definition) is 1. The highest BCUT2D eigenvalue weighted by molar-refractivity contribution is 6.04. The Kier molecular flexibility index (Phi) is 6.34. The van der Waals surface area contributed by atoms with Crippen molar-refractivity contribution in [1.29, 1.82) is 5.26 Å². The summed E-state index contributed by atoms with van der Waals surface area (Å²) in [6.07, 6.45) is 0.658. The molecule has 3 aromatic carbocycles. The molecular formula is C29H27N3O4. The lowest BCUT2D eigenvalue weighted by molar-refractivity contribution is -0.119. The third-order valence-corrected chi connectivity index (χ3v) is 6.73. The summed E-state index contributed by atoms with van der Waals surface area (Å²) < 4.78 is 11.7. The second kappa shape index (κ2) is 9.74. The second-order valence-corrected chi connectivity index (χ2v) is 8.80. The van der Waals surface area contributed by atoms with Crippen molar-refractivity contribution in [3.8, 4) is 17.6 Å². The van der Waals surface area contributed by atoms with E-state index in [-0.39, 0.29) is 11.8 Å². The van der Waals surface area contributed by atoms with E-state index in [0.29, 0.717) is 60.1 Å². The predicted molar refractivity (Wildman–Crippen MR) is 135 cm³/mol. The monoisotopic (exact) mass is 481 g/mol. The zero-order valence-corrected chi connectivity index (χ0v) is 20.3. The Morgan fingerprint density at radius 1 is 1.03 bits per heavy atom. The number of anilines is 1. The lowest BCUT2D eigenvalue weighted by atomic mass is 9.75. The molecule has 0 spiro atoms. The van der Waals surface area contributed by atoms with Crippen LogP contribution in [0.2, 0.25) is 0 Å². The molecule has 2 unspecified atom stereocenters. The van der Waals surface area contributed by atoms with Crippen LogP contribution in [0.25, 0.3) is 0 Å². The van der Waals surface area contributed by atoms with Crippen LogP contribution in [0.15, 0.2) is 60.7 Å². The largest absolute Gasteiger partial charge is 0.490 e. The summed E-state index contributed by atoms with van der Waals surface area (Å²) >= 11 is 0. The molecule has 0 saturated carbocycles. The van der Waals surface area contributed by atoms with E-state index >= 15 is 0 Å². The van der Waals surface area contributed by atoms with E-state index in [9.17, 15) is 14.9 Å². The van der Waals surface area contributed by atoms with Crippen molar-refractivity contribution in [3.63, 3.8) is 0 Å². The summed E-state index contributed by atoms with van der Waals surface area (Å²) in [4.78, 5) is 29.2. The van der Waals surface area contributed by atoms with E-state index in [1.165, 1.54) is 0 Å². The smallest absolute Gasteiger partial charge is 0.254 e. The Morgan fingerprint density at radius 3 is 2.53 bits per heavy atom. The highest BCUT2D eigenvalue weighted by Crippen LogP contribution is 2.48. The molecule has 0 saturated heterocycles. The lowest BCUT2D eigenvalue weighted by Crippen LogP contribution is -2.49. The van der Waals surface area contributed by atoms with Gasteiger partial charge >= 0.3 is 0 Å². The van der Waals surface area contributed by atoms with Crippen LogP contribution in [-0.4, -0.2) is 36.5 Å². The summed E-state index contributed by atoms with van der Waals surface area (Å²) in [5.41, 5.74) is 4.16. The van der Waals surface area contributed by atoms with E-state index in [1.807, 2.05) is 44.2 Å². The maximum atomic E-state index is 13.9. The summed E-state index contributed by atoms with van der Waals surface area (Å²) in [5, 5.41) is 12.3. The quantitative estimate of drug-likeness (QED) is 0.544. The number of carbonyl (C=O) groups excluding carboxylic acids is 2. The minimum absolute atomic E-state index is 0.0800. The van der Waals surface area contributed by atoms with Crippen LogP contribution in [0, 0.1) is 11.3 Å². The standard InChI is InChI=1S/C29H27N3O4/c1-3-35-24-15-19-12-13-32-27(23(19)16-25(24)36-4-2)26(21-10-5-6-11-22(21)29(32)34)28(33)31-20-9-7-8-18(14-20)17-30/h5-11,14-16,26-27H,3-4,12-13H2,1-2H3,(H,31,33). The van der Waals surface area contributed by atoms with Gasteiger partial charge in [0, 0.05) is 17.8 Å². The minimum atomic E-state index is -0.642. The Bertz CT molecular complexity index is 1380. The first-order valence-electron chi connectivity index (χ1n) is 12.2. The Hall–Kier alpha value is -4.31. The number of carbonyl (C=O) groups is 2. The summed E-state index contributed by atoms with van der Waals surface area (Å²) in [6.45, 7) is 5.31. The molecular weight excluding hydrogens is 454 g/mol. The highest BCUT2D eigenvalue weighted by Gasteiger charge is 2.46. The van der Waals surface area contributed by atoms with Gasteiger partial charge in [0.05, 0.1) is 36.8 Å². The van der Waals surface area contributed by atoms with Crippen LogP contribution >= 0.6 is 0 Å². The fourth-order valence-corrected chi connectivity index (χ4v) is 5.24. The highest BCUT2D eigenvalue weighted by atomic mass is 16.5. The summed E-state index contributed by atoms with van der Waals surface area (Å²) in [5.74, 6) is 0.315. The molecule has 0 aromatic heterocycles. The average Bonchev–Trinajstić information content (AvgIpc) is 2.89. The third kappa shape index (κ3) is 4.05. The minimum Gasteiger partial charge on any atom is -0.490 e. The maximum Gasteiger partial charge on any atom is 0.254 e. The van der Waals surface area contributed by atoms with Gasteiger partial charge in [0.1, 0.15) is 0 Å². The topological polar surface area (TPSA) is 91.7 Å². The van der Waals surface area contributed by atoms with Gasteiger partial charge in [0.15, 0.2) is 11.5 Å². The summed E-state index contributed by atoms with van der Waals surface area (Å²) in [7, 11) is 0. The van der Waals surface area contributed by atoms with Crippen LogP contribution < -0.4 is 14.8 Å². The Morgan fingerprint density at radius 2 is 1.78 bits per heavy atom. The van der Waals surface area contributed by atoms with E-state index in [4.69, 9.17) is 9.47 Å². The molecule has 3 aromatic rings. The zero-order chi connectivity index (χ0) is 25.2. The van der Waals surface area contributed by atoms with Gasteiger partial charge < -0.3 is 19.7 Å². The SMILES string of the molecule is CCOc1cc2c(cc1OCC)C1C(C(=O)Nc3cccc(C#N)c3)c3ccccc3C(=O)N1CC2. The molecule has 36 heavy (non-hydrogen) atoms. The van der Waals surface area contributed by atoms with Gasteiger partial charge in [0.25, 0.3) is 5.91 Å². The van der Waals surface area contributed by atoms with Crippen molar-refractivity contribution in [3.05, 3.63) is 88.5 Å². The van der Waals surface area contributed by atoms with Crippen molar-refractivity contribution >= 4 is 17.5 Å². The van der Waals surface area contributed by atoms with E-state index in [2.05, 4.69) is 11.4 Å². The fraction of sp³-hybridized carbons (Fsp3) is 0.276. The average molecular weight is 482 g/mol. The first-order valence-corrected chi connectivity index (χ1v) is 12.2. The van der Waals surface area contributed by atoms with Crippen LogP contribution in [0.4, 0.5) is 5.69 Å². The first kappa shape index (κ1) is 23.4. The lowest BCUT2D eigenvalue weighted by Gasteiger charge is -2.45. The third-order valence-electron chi connectivity index (χ3n) is 6.73. The first-order chi connectivity index (χ1) is 17.5. The molecule has 7 heteroatoms. The number of ether oxygens (including phenoxy) is 2. The van der Waals surface area contributed by atoms with Crippen molar-refractivity contribution in [2.45, 2.75) is 32.2 Å². The molecule has 5 rings (SSSR count). The summed E-state index contributed by atoms with van der Waals surface area (Å²) in [6, 6.07) is 19.7. The van der Waals surface area contributed by atoms with Crippen molar-refractivity contribution in [2.75, 3.05) is 25.1 Å². The maximum absolute atomic E-state index is 13.9. The molecule has 182 valence electrons. The van der Waals surface area contributed by atoms with Crippen molar-refractivity contribution in [1.82, 2.24) is 4.90 Å². The van der Waals surface area contributed by atoms with E-state index in [1.54, 1.807) is 35.2 Å². The molecule has 2 atom stereocenters. The normalized spacial score (nSPS) is 17.8. The molecule has 2 heterocycles. The number of amides is 2. The van der Waals surface area contributed by atoms with Crippen LogP contribution in [0.1, 0.15) is 58.4 Å². The molecule has 7 nitrogen and oxygen atoms in total. The molecule has 0 bridgehead atoms. The van der Waals surface area contributed by atoms with Crippen LogP contribution in [0.5, 0.6) is 11.5 Å². The molecule has 2 amide bonds. The molecule has 2 aliphatic rings. The Labute approximate surface area is 210 Å². The van der Waals surface area contributed by atoms with Gasteiger partial charge in [-0.25, -0.2) is 0 Å². The number of benzene rings is 3. The molecule has 0 radical (unpaired) electrons. The number of nitrogens with zero attached hydrogens (tertiary/aromatic N) is 2. The zero-order valence-electron chi connectivity index (χ0n) is 20.3. The molecule has 0 fully saturated rings. The number of fused-ring (bicyclic) bond motifs is 4. The molecule has 2 aliphatic heterocycles. The van der Waals surface area contributed by atoms with Crippen molar-refractivity contribution < 1.29 is 19.1 Å². The second-order valence-electron chi connectivity index (χ2n) is 8.80. The van der Waals surface area contributed by atoms with Gasteiger partial charge in [-0.05, 0) is 73.4 Å². The number of nitriles is 1. The van der Waals surface area contributed by atoms with Gasteiger partial charge in [-0.15, -0.1) is 0 Å². The number of rotatable bonds is 6. The fourth-order valence-electron chi connectivity index (χ4n) is 5.24. The Balaban J connectivity index is 1.63. The predicted octanol–water partition coefficient (Wildman–Crippen LogP) is 4.83. The van der Waals surface area contributed by atoms with Gasteiger partial charge in [-0.1, -0.05) is 24.3 Å². The van der Waals surface area contributed by atoms with Crippen LogP contribution in [-0.2, 0) is 11.2 Å². The molecule has 1 N–H and O–H groups in total. The molecule has 0 aliphatic carbocycles. The van der Waals surface area contributed by atoms with E-state index < -0.39 is 12.0 Å². The van der Waals surface area contributed by atoms with Gasteiger partial charge in [-0.2, -0.15) is 5.26 Å². The number of nitrogens with one attached hydrogen (secondary N) is 1. The van der Waals surface area contributed by atoms with Crippen molar-refractivity contribution in [2.24, 2.45) is 0 Å².